The Morgan fingerprint density at radius 2 is 1.79 bits per heavy atom. The number of carbonyl (C=O) groups excluding carboxylic acids is 1. The Labute approximate surface area is 216 Å². The fraction of sp³-hybridized carbons (Fsp3) is 0.455. The normalized spacial score (nSPS) is 18.6. The van der Waals surface area contributed by atoms with Crippen LogP contribution in [0.4, 0.5) is 5.13 Å². The molecule has 0 radical (unpaired) electrons. The highest BCUT2D eigenvalue weighted by Gasteiger charge is 2.35. The van der Waals surface area contributed by atoms with E-state index in [0.29, 0.717) is 43.4 Å². The summed E-state index contributed by atoms with van der Waals surface area (Å²) in [5, 5.41) is 1.01. The van der Waals surface area contributed by atoms with E-state index in [1.807, 2.05) is 4.90 Å². The van der Waals surface area contributed by atoms with Crippen molar-refractivity contribution in [3.8, 4) is 0 Å². The van der Waals surface area contributed by atoms with Gasteiger partial charge in [-0.05, 0) is 43.4 Å². The number of rotatable bonds is 5. The van der Waals surface area contributed by atoms with Crippen LogP contribution >= 0.6 is 46.0 Å². The number of thioether (sulfide) groups is 1. The number of amides is 1. The minimum Gasteiger partial charge on any atom is -0.345 e. The monoisotopic (exact) mass is 556 g/mol. The molecule has 2 fully saturated rings. The maximum Gasteiger partial charge on any atom is 0.252 e. The molecule has 0 unspecified atom stereocenters. The SMILES string of the molecule is CSc1cccc2sc(N3CCN(C(=O)C4CCN(S(=O)(=O)c5ccc(Cl)s5)CC4)CC3)nc12. The molecule has 2 aromatic heterocycles. The van der Waals surface area contributed by atoms with Crippen LogP contribution in [0.1, 0.15) is 12.8 Å². The third kappa shape index (κ3) is 4.70. The van der Waals surface area contributed by atoms with Crippen LogP contribution in [-0.4, -0.2) is 74.0 Å². The Bertz CT molecular complexity index is 1290. The Balaban J connectivity index is 1.17. The Hall–Kier alpha value is -1.37. The number of nitrogens with zero attached hydrogens (tertiary/aromatic N) is 4. The van der Waals surface area contributed by atoms with Crippen molar-refractivity contribution in [3.63, 3.8) is 0 Å². The molecule has 0 N–H and O–H groups in total. The zero-order chi connectivity index (χ0) is 23.9. The highest BCUT2D eigenvalue weighted by molar-refractivity contribution is 7.98. The van der Waals surface area contributed by atoms with Crippen LogP contribution in [0.3, 0.4) is 0 Å². The lowest BCUT2D eigenvalue weighted by Gasteiger charge is -2.38. The second-order valence-corrected chi connectivity index (χ2v) is 14.1. The molecule has 0 spiro atoms. The predicted molar refractivity (Wildman–Crippen MR) is 141 cm³/mol. The number of para-hydroxylation sites is 1. The molecule has 4 heterocycles. The molecule has 0 atom stereocenters. The molecule has 2 saturated heterocycles. The smallest absolute Gasteiger partial charge is 0.252 e. The molecule has 3 aromatic rings. The number of thiazole rings is 1. The zero-order valence-electron chi connectivity index (χ0n) is 18.6. The van der Waals surface area contributed by atoms with E-state index in [0.717, 1.165) is 35.1 Å². The summed E-state index contributed by atoms with van der Waals surface area (Å²) in [6.07, 6.45) is 3.16. The minimum absolute atomic E-state index is 0.128. The molecular weight excluding hydrogens is 532 g/mol. The first-order valence-corrected chi connectivity index (χ1v) is 15.8. The second kappa shape index (κ2) is 9.94. The number of piperazine rings is 1. The molecule has 1 amide bonds. The first-order chi connectivity index (χ1) is 16.4. The van der Waals surface area contributed by atoms with Gasteiger partial charge in [-0.1, -0.05) is 29.0 Å². The summed E-state index contributed by atoms with van der Waals surface area (Å²) in [5.41, 5.74) is 1.06. The van der Waals surface area contributed by atoms with Crippen molar-refractivity contribution in [2.24, 2.45) is 5.92 Å². The quantitative estimate of drug-likeness (QED) is 0.431. The van der Waals surface area contributed by atoms with Gasteiger partial charge in [-0.3, -0.25) is 4.79 Å². The number of anilines is 1. The molecule has 0 saturated carbocycles. The number of halogens is 1. The first-order valence-electron chi connectivity index (χ1n) is 11.1. The van der Waals surface area contributed by atoms with Gasteiger partial charge in [0, 0.05) is 50.1 Å². The third-order valence-electron chi connectivity index (χ3n) is 6.40. The van der Waals surface area contributed by atoms with Crippen LogP contribution < -0.4 is 4.90 Å². The van der Waals surface area contributed by atoms with Crippen molar-refractivity contribution in [1.82, 2.24) is 14.2 Å². The fourth-order valence-corrected chi connectivity index (χ4v) is 9.27. The topological polar surface area (TPSA) is 73.8 Å². The van der Waals surface area contributed by atoms with E-state index in [4.69, 9.17) is 16.6 Å². The summed E-state index contributed by atoms with van der Waals surface area (Å²) < 4.78 is 29.0. The van der Waals surface area contributed by atoms with Crippen molar-refractivity contribution in [2.45, 2.75) is 21.9 Å². The Morgan fingerprint density at radius 3 is 2.44 bits per heavy atom. The molecule has 0 aliphatic carbocycles. The maximum absolute atomic E-state index is 13.2. The number of carbonyl (C=O) groups is 1. The van der Waals surface area contributed by atoms with E-state index in [1.54, 1.807) is 35.2 Å². The Kier molecular flexibility index (Phi) is 7.12. The molecular formula is C22H25ClN4O3S4. The fourth-order valence-electron chi connectivity index (χ4n) is 4.49. The van der Waals surface area contributed by atoms with Gasteiger partial charge in [0.25, 0.3) is 10.0 Å². The zero-order valence-corrected chi connectivity index (χ0v) is 22.7. The highest BCUT2D eigenvalue weighted by atomic mass is 35.5. The first kappa shape index (κ1) is 24.3. The summed E-state index contributed by atoms with van der Waals surface area (Å²) in [6.45, 7) is 3.56. The van der Waals surface area contributed by atoms with E-state index >= 15 is 0 Å². The van der Waals surface area contributed by atoms with Crippen LogP contribution in [0.2, 0.25) is 4.34 Å². The van der Waals surface area contributed by atoms with Crippen LogP contribution in [-0.2, 0) is 14.8 Å². The van der Waals surface area contributed by atoms with Gasteiger partial charge in [-0.25, -0.2) is 13.4 Å². The van der Waals surface area contributed by atoms with Crippen molar-refractivity contribution in [3.05, 3.63) is 34.7 Å². The van der Waals surface area contributed by atoms with Gasteiger partial charge in [-0.2, -0.15) is 4.31 Å². The second-order valence-electron chi connectivity index (χ2n) is 8.35. The Morgan fingerprint density at radius 1 is 1.06 bits per heavy atom. The van der Waals surface area contributed by atoms with Gasteiger partial charge in [-0.15, -0.1) is 23.1 Å². The number of piperidine rings is 1. The molecule has 7 nitrogen and oxygen atoms in total. The average Bonchev–Trinajstić information content (AvgIpc) is 3.50. The lowest BCUT2D eigenvalue weighted by Crippen LogP contribution is -2.52. The number of aromatic nitrogens is 1. The third-order valence-corrected chi connectivity index (χ3v) is 11.8. The van der Waals surface area contributed by atoms with Gasteiger partial charge in [0.05, 0.1) is 14.6 Å². The summed E-state index contributed by atoms with van der Waals surface area (Å²) in [5.74, 6) is 0.0151. The molecule has 34 heavy (non-hydrogen) atoms. The van der Waals surface area contributed by atoms with E-state index in [9.17, 15) is 13.2 Å². The van der Waals surface area contributed by atoms with E-state index in [2.05, 4.69) is 29.4 Å². The van der Waals surface area contributed by atoms with Crippen LogP contribution in [0.15, 0.2) is 39.4 Å². The summed E-state index contributed by atoms with van der Waals surface area (Å²) in [6, 6.07) is 9.42. The van der Waals surface area contributed by atoms with Crippen molar-refractivity contribution in [1.29, 1.82) is 0 Å². The maximum atomic E-state index is 13.2. The molecule has 182 valence electrons. The molecule has 2 aliphatic rings. The number of benzene rings is 1. The van der Waals surface area contributed by atoms with Crippen LogP contribution in [0, 0.1) is 5.92 Å². The largest absolute Gasteiger partial charge is 0.345 e. The molecule has 12 heteroatoms. The summed E-state index contributed by atoms with van der Waals surface area (Å²) >= 11 is 10.4. The number of fused-ring (bicyclic) bond motifs is 1. The average molecular weight is 557 g/mol. The van der Waals surface area contributed by atoms with Crippen molar-refractivity contribution in [2.75, 3.05) is 50.4 Å². The van der Waals surface area contributed by atoms with Gasteiger partial charge < -0.3 is 9.80 Å². The predicted octanol–water partition coefficient (Wildman–Crippen LogP) is 4.48. The van der Waals surface area contributed by atoms with Gasteiger partial charge in [0.15, 0.2) is 5.13 Å². The molecule has 1 aromatic carbocycles. The molecule has 5 rings (SSSR count). The summed E-state index contributed by atoms with van der Waals surface area (Å²) in [4.78, 5) is 23.4. The highest BCUT2D eigenvalue weighted by Crippen LogP contribution is 2.35. The standard InChI is InChI=1S/C22H25ClN4O3S4/c1-31-16-3-2-4-17-20(16)24-22(32-17)26-13-11-25(12-14-26)21(28)15-7-9-27(10-8-15)34(29,30)19-6-5-18(23)33-19/h2-6,15H,7-14H2,1H3. The van der Waals surface area contributed by atoms with Crippen LogP contribution in [0.5, 0.6) is 0 Å². The van der Waals surface area contributed by atoms with E-state index in [1.165, 1.54) is 13.9 Å². The molecule has 0 bridgehead atoms. The lowest BCUT2D eigenvalue weighted by molar-refractivity contribution is -0.137. The van der Waals surface area contributed by atoms with Gasteiger partial charge >= 0.3 is 0 Å². The van der Waals surface area contributed by atoms with Crippen LogP contribution in [0.25, 0.3) is 10.2 Å². The van der Waals surface area contributed by atoms with Crippen molar-refractivity contribution >= 4 is 77.3 Å². The number of sulfonamides is 1. The van der Waals surface area contributed by atoms with E-state index < -0.39 is 10.0 Å². The van der Waals surface area contributed by atoms with Gasteiger partial charge in [0.2, 0.25) is 5.91 Å². The lowest BCUT2D eigenvalue weighted by atomic mass is 9.96. The number of thiophene rings is 1. The molecule has 2 aliphatic heterocycles. The van der Waals surface area contributed by atoms with Crippen molar-refractivity contribution < 1.29 is 13.2 Å². The number of hydrogen-bond donors (Lipinski definition) is 0. The van der Waals surface area contributed by atoms with E-state index in [-0.39, 0.29) is 16.0 Å². The minimum atomic E-state index is -3.54. The summed E-state index contributed by atoms with van der Waals surface area (Å²) in [7, 11) is -3.54. The van der Waals surface area contributed by atoms with Gasteiger partial charge in [0.1, 0.15) is 4.21 Å². The number of hydrogen-bond acceptors (Lipinski definition) is 8.